The minimum atomic E-state index is 0.491. The van der Waals surface area contributed by atoms with Crippen molar-refractivity contribution in [3.63, 3.8) is 0 Å². The van der Waals surface area contributed by atoms with Gasteiger partial charge >= 0.3 is 0 Å². The molecular formula is C19H24ClNO2. The van der Waals surface area contributed by atoms with Crippen LogP contribution in [0.25, 0.3) is 0 Å². The SMILES string of the molecule is CCNCc1cc(OCC)c(OCc2cccc(C)c2)cc1Cl. The molecule has 0 bridgehead atoms. The summed E-state index contributed by atoms with van der Waals surface area (Å²) < 4.78 is 11.7. The Balaban J connectivity index is 2.17. The van der Waals surface area contributed by atoms with Crippen LogP contribution in [-0.4, -0.2) is 13.2 Å². The van der Waals surface area contributed by atoms with Crippen LogP contribution in [0.3, 0.4) is 0 Å². The second kappa shape index (κ2) is 8.80. The van der Waals surface area contributed by atoms with Crippen LogP contribution in [0.4, 0.5) is 0 Å². The average molecular weight is 334 g/mol. The maximum absolute atomic E-state index is 6.37. The number of ether oxygens (including phenoxy) is 2. The zero-order chi connectivity index (χ0) is 16.7. The molecule has 2 aromatic carbocycles. The van der Waals surface area contributed by atoms with Gasteiger partial charge in [-0.1, -0.05) is 48.4 Å². The molecular weight excluding hydrogens is 310 g/mol. The van der Waals surface area contributed by atoms with E-state index in [0.717, 1.165) is 23.4 Å². The Morgan fingerprint density at radius 2 is 1.83 bits per heavy atom. The molecule has 4 heteroatoms. The standard InChI is InChI=1S/C19H24ClNO2/c1-4-21-12-16-10-18(22-5-2)19(11-17(16)20)23-13-15-8-6-7-14(3)9-15/h6-11,21H,4-5,12-13H2,1-3H3. The maximum Gasteiger partial charge on any atom is 0.163 e. The molecule has 2 rings (SSSR count). The van der Waals surface area contributed by atoms with E-state index >= 15 is 0 Å². The second-order valence-electron chi connectivity index (χ2n) is 5.38. The number of benzene rings is 2. The van der Waals surface area contributed by atoms with Crippen LogP contribution in [0.2, 0.25) is 5.02 Å². The highest BCUT2D eigenvalue weighted by Crippen LogP contribution is 2.34. The van der Waals surface area contributed by atoms with Gasteiger partial charge in [-0.15, -0.1) is 0 Å². The molecule has 0 atom stereocenters. The summed E-state index contributed by atoms with van der Waals surface area (Å²) in [6, 6.07) is 12.1. The lowest BCUT2D eigenvalue weighted by molar-refractivity contribution is 0.269. The Hall–Kier alpha value is -1.71. The molecule has 0 unspecified atom stereocenters. The summed E-state index contributed by atoms with van der Waals surface area (Å²) in [7, 11) is 0. The highest BCUT2D eigenvalue weighted by Gasteiger charge is 2.11. The van der Waals surface area contributed by atoms with Crippen molar-refractivity contribution in [2.75, 3.05) is 13.2 Å². The van der Waals surface area contributed by atoms with Crippen molar-refractivity contribution in [1.29, 1.82) is 0 Å². The quantitative estimate of drug-likeness (QED) is 0.757. The highest BCUT2D eigenvalue weighted by atomic mass is 35.5. The van der Waals surface area contributed by atoms with Gasteiger partial charge in [0.15, 0.2) is 11.5 Å². The minimum Gasteiger partial charge on any atom is -0.490 e. The monoisotopic (exact) mass is 333 g/mol. The maximum atomic E-state index is 6.37. The second-order valence-corrected chi connectivity index (χ2v) is 5.79. The van der Waals surface area contributed by atoms with Crippen molar-refractivity contribution in [3.05, 3.63) is 58.1 Å². The van der Waals surface area contributed by atoms with E-state index in [1.54, 1.807) is 0 Å². The minimum absolute atomic E-state index is 0.491. The molecule has 23 heavy (non-hydrogen) atoms. The molecule has 0 amide bonds. The predicted octanol–water partition coefficient (Wildman–Crippen LogP) is 4.74. The van der Waals surface area contributed by atoms with Crippen molar-refractivity contribution in [2.24, 2.45) is 0 Å². The first-order valence-corrected chi connectivity index (χ1v) is 8.36. The smallest absolute Gasteiger partial charge is 0.163 e. The Morgan fingerprint density at radius 1 is 1.04 bits per heavy atom. The van der Waals surface area contributed by atoms with Gasteiger partial charge in [0.25, 0.3) is 0 Å². The molecule has 0 heterocycles. The van der Waals surface area contributed by atoms with E-state index < -0.39 is 0 Å². The highest BCUT2D eigenvalue weighted by molar-refractivity contribution is 6.31. The van der Waals surface area contributed by atoms with E-state index in [-0.39, 0.29) is 0 Å². The van der Waals surface area contributed by atoms with Crippen LogP contribution in [-0.2, 0) is 13.2 Å². The third-order valence-corrected chi connectivity index (χ3v) is 3.81. The van der Waals surface area contributed by atoms with Gasteiger partial charge in [0.05, 0.1) is 6.61 Å². The number of rotatable bonds is 8. The van der Waals surface area contributed by atoms with Gasteiger partial charge in [-0.2, -0.15) is 0 Å². The Kier molecular flexibility index (Phi) is 6.75. The van der Waals surface area contributed by atoms with Crippen molar-refractivity contribution in [2.45, 2.75) is 33.9 Å². The number of hydrogen-bond donors (Lipinski definition) is 1. The number of hydrogen-bond acceptors (Lipinski definition) is 3. The van der Waals surface area contributed by atoms with Crippen molar-refractivity contribution >= 4 is 11.6 Å². The van der Waals surface area contributed by atoms with Gasteiger partial charge in [-0.05, 0) is 37.6 Å². The first kappa shape index (κ1) is 17.6. The fraction of sp³-hybridized carbons (Fsp3) is 0.368. The molecule has 0 spiro atoms. The van der Waals surface area contributed by atoms with Crippen LogP contribution in [0.15, 0.2) is 36.4 Å². The summed E-state index contributed by atoms with van der Waals surface area (Å²) in [5.41, 5.74) is 3.36. The summed E-state index contributed by atoms with van der Waals surface area (Å²) in [5, 5.41) is 3.97. The van der Waals surface area contributed by atoms with E-state index in [2.05, 4.69) is 37.4 Å². The van der Waals surface area contributed by atoms with Gasteiger partial charge in [-0.25, -0.2) is 0 Å². The summed E-state index contributed by atoms with van der Waals surface area (Å²) >= 11 is 6.37. The summed E-state index contributed by atoms with van der Waals surface area (Å²) in [4.78, 5) is 0. The topological polar surface area (TPSA) is 30.5 Å². The Labute approximate surface area is 143 Å². The van der Waals surface area contributed by atoms with Gasteiger partial charge in [0.2, 0.25) is 0 Å². The summed E-state index contributed by atoms with van der Waals surface area (Å²) in [6.07, 6.45) is 0. The van der Waals surface area contributed by atoms with Crippen LogP contribution >= 0.6 is 11.6 Å². The van der Waals surface area contributed by atoms with Crippen molar-refractivity contribution < 1.29 is 9.47 Å². The lowest BCUT2D eigenvalue weighted by Gasteiger charge is -2.15. The summed E-state index contributed by atoms with van der Waals surface area (Å²) in [5.74, 6) is 1.41. The van der Waals surface area contributed by atoms with E-state index in [0.29, 0.717) is 30.5 Å². The van der Waals surface area contributed by atoms with E-state index in [4.69, 9.17) is 21.1 Å². The Bertz CT molecular complexity index is 643. The lowest BCUT2D eigenvalue weighted by atomic mass is 10.1. The molecule has 0 radical (unpaired) electrons. The van der Waals surface area contributed by atoms with Crippen LogP contribution in [0.1, 0.15) is 30.5 Å². The fourth-order valence-electron chi connectivity index (χ4n) is 2.32. The molecule has 0 aliphatic rings. The van der Waals surface area contributed by atoms with E-state index in [9.17, 15) is 0 Å². The molecule has 3 nitrogen and oxygen atoms in total. The zero-order valence-electron chi connectivity index (χ0n) is 14.0. The average Bonchev–Trinajstić information content (AvgIpc) is 2.54. The Morgan fingerprint density at radius 3 is 2.52 bits per heavy atom. The molecule has 0 aromatic heterocycles. The fourth-order valence-corrected chi connectivity index (χ4v) is 2.54. The van der Waals surface area contributed by atoms with Crippen LogP contribution in [0.5, 0.6) is 11.5 Å². The van der Waals surface area contributed by atoms with Crippen LogP contribution in [0, 0.1) is 6.92 Å². The first-order chi connectivity index (χ1) is 11.1. The molecule has 0 fully saturated rings. The largest absolute Gasteiger partial charge is 0.490 e. The zero-order valence-corrected chi connectivity index (χ0v) is 14.7. The van der Waals surface area contributed by atoms with Crippen molar-refractivity contribution in [3.8, 4) is 11.5 Å². The normalized spacial score (nSPS) is 10.6. The van der Waals surface area contributed by atoms with Gasteiger partial charge < -0.3 is 14.8 Å². The number of aryl methyl sites for hydroxylation is 1. The number of halogens is 1. The molecule has 0 aliphatic carbocycles. The van der Waals surface area contributed by atoms with Crippen LogP contribution < -0.4 is 14.8 Å². The predicted molar refractivity (Wildman–Crippen MR) is 95.5 cm³/mol. The molecule has 124 valence electrons. The number of nitrogens with one attached hydrogen (secondary N) is 1. The first-order valence-electron chi connectivity index (χ1n) is 7.98. The summed E-state index contributed by atoms with van der Waals surface area (Å²) in [6.45, 7) is 8.79. The van der Waals surface area contributed by atoms with E-state index in [1.807, 2.05) is 25.1 Å². The lowest BCUT2D eigenvalue weighted by Crippen LogP contribution is -2.12. The molecule has 0 saturated carbocycles. The third kappa shape index (κ3) is 5.15. The van der Waals surface area contributed by atoms with Crippen molar-refractivity contribution in [1.82, 2.24) is 5.32 Å². The molecule has 1 N–H and O–H groups in total. The van der Waals surface area contributed by atoms with Gasteiger partial charge in [0.1, 0.15) is 6.61 Å². The molecule has 0 aliphatic heterocycles. The third-order valence-electron chi connectivity index (χ3n) is 3.45. The van der Waals surface area contributed by atoms with Gasteiger partial charge in [-0.3, -0.25) is 0 Å². The van der Waals surface area contributed by atoms with Gasteiger partial charge in [0, 0.05) is 17.6 Å². The molecule has 2 aromatic rings. The van der Waals surface area contributed by atoms with E-state index in [1.165, 1.54) is 5.56 Å². The molecule has 0 saturated heterocycles.